The van der Waals surface area contributed by atoms with Crippen LogP contribution in [0.4, 0.5) is 18.9 Å². The number of hydrogen-bond donors (Lipinski definition) is 3. The third-order valence-electron chi connectivity index (χ3n) is 5.65. The maximum atomic E-state index is 12.7. The van der Waals surface area contributed by atoms with Crippen molar-refractivity contribution in [3.05, 3.63) is 24.3 Å². The maximum Gasteiger partial charge on any atom is 0.501 e. The number of rotatable bonds is 10. The van der Waals surface area contributed by atoms with Crippen LogP contribution < -0.4 is 16.8 Å². The van der Waals surface area contributed by atoms with Crippen molar-refractivity contribution >= 4 is 43.3 Å². The van der Waals surface area contributed by atoms with E-state index in [0.29, 0.717) is 31.4 Å². The Kier molecular flexibility index (Phi) is 9.80. The van der Waals surface area contributed by atoms with Crippen LogP contribution in [0.25, 0.3) is 0 Å². The molecule has 1 aromatic carbocycles. The van der Waals surface area contributed by atoms with Crippen molar-refractivity contribution in [3.63, 3.8) is 0 Å². The van der Waals surface area contributed by atoms with Crippen LogP contribution in [0.3, 0.4) is 0 Å². The molecule has 0 radical (unpaired) electrons. The molecule has 4 unspecified atom stereocenters. The molecular formula is C21H27F3N6O5S2. The van der Waals surface area contributed by atoms with Gasteiger partial charge in [-0.2, -0.15) is 18.4 Å². The number of nitriles is 1. The molecule has 1 aromatic rings. The van der Waals surface area contributed by atoms with Gasteiger partial charge in [0.25, 0.3) is 9.84 Å². The van der Waals surface area contributed by atoms with Crippen LogP contribution in [0.1, 0.15) is 19.3 Å². The van der Waals surface area contributed by atoms with Crippen LogP contribution in [0, 0.1) is 23.2 Å². The summed E-state index contributed by atoms with van der Waals surface area (Å²) in [6, 6.07) is 5.02. The molecule has 1 fully saturated rings. The Labute approximate surface area is 212 Å². The number of primary amides is 1. The quantitative estimate of drug-likeness (QED) is 0.274. The molecule has 1 aliphatic carbocycles. The highest BCUT2D eigenvalue weighted by Gasteiger charge is 2.46. The number of nitrogens with two attached hydrogens (primary N) is 2. The molecule has 1 saturated carbocycles. The Hall–Kier alpha value is -3.03. The summed E-state index contributed by atoms with van der Waals surface area (Å²) in [6.45, 7) is 0.259. The summed E-state index contributed by atoms with van der Waals surface area (Å²) in [7, 11) is -8.65. The monoisotopic (exact) mass is 564 g/mol. The van der Waals surface area contributed by atoms with E-state index in [2.05, 4.69) is 21.4 Å². The summed E-state index contributed by atoms with van der Waals surface area (Å²) < 4.78 is 83.6. The molecule has 0 aromatic heterocycles. The van der Waals surface area contributed by atoms with Gasteiger partial charge in [0.15, 0.2) is 0 Å². The first-order valence-electron chi connectivity index (χ1n) is 10.9. The number of alkyl halides is 3. The zero-order valence-electron chi connectivity index (χ0n) is 19.7. The minimum atomic E-state index is -5.53. The Bertz CT molecular complexity index is 1290. The summed E-state index contributed by atoms with van der Waals surface area (Å²) in [5.74, 6) is -3.07. The summed E-state index contributed by atoms with van der Waals surface area (Å²) in [4.78, 5) is 19.2. The number of nitrogens with one attached hydrogen (secondary N) is 1. The largest absolute Gasteiger partial charge is 0.501 e. The van der Waals surface area contributed by atoms with E-state index < -0.39 is 53.9 Å². The molecule has 16 heteroatoms. The van der Waals surface area contributed by atoms with Gasteiger partial charge >= 0.3 is 5.51 Å². The van der Waals surface area contributed by atoms with Crippen molar-refractivity contribution in [2.75, 3.05) is 18.6 Å². The highest BCUT2D eigenvalue weighted by Crippen LogP contribution is 2.31. The molecule has 37 heavy (non-hydrogen) atoms. The van der Waals surface area contributed by atoms with Crippen molar-refractivity contribution in [2.45, 2.75) is 41.7 Å². The van der Waals surface area contributed by atoms with Gasteiger partial charge in [-0.05, 0) is 43.5 Å². The summed E-state index contributed by atoms with van der Waals surface area (Å²) in [5, 5.41) is 12.7. The fourth-order valence-corrected chi connectivity index (χ4v) is 4.90. The molecule has 0 saturated heterocycles. The average Bonchev–Trinajstić information content (AvgIpc) is 2.78. The number of nitrogens with zero attached hydrogens (tertiary/aromatic N) is 3. The van der Waals surface area contributed by atoms with Gasteiger partial charge in [0.1, 0.15) is 21.6 Å². The third kappa shape index (κ3) is 8.51. The first-order chi connectivity index (χ1) is 17.0. The number of aliphatic imine (C=N–C) groups is 2. The van der Waals surface area contributed by atoms with E-state index in [4.69, 9.17) is 11.5 Å². The van der Waals surface area contributed by atoms with Gasteiger partial charge in [-0.15, -0.1) is 0 Å². The van der Waals surface area contributed by atoms with Gasteiger partial charge < -0.3 is 16.8 Å². The number of carbonyl (C=O) groups is 1. The predicted octanol–water partition coefficient (Wildman–Crippen LogP) is 0.836. The highest BCUT2D eigenvalue weighted by atomic mass is 32.2. The van der Waals surface area contributed by atoms with Gasteiger partial charge in [0.2, 0.25) is 5.91 Å². The fourth-order valence-electron chi connectivity index (χ4n) is 3.65. The van der Waals surface area contributed by atoms with E-state index in [1.165, 1.54) is 0 Å². The van der Waals surface area contributed by atoms with Crippen LogP contribution >= 0.6 is 0 Å². The average molecular weight is 565 g/mol. The van der Waals surface area contributed by atoms with E-state index in [1.807, 2.05) is 0 Å². The second kappa shape index (κ2) is 12.0. The second-order valence-electron chi connectivity index (χ2n) is 8.55. The smallest absolute Gasteiger partial charge is 0.386 e. The Morgan fingerprint density at radius 3 is 2.35 bits per heavy atom. The molecule has 0 bridgehead atoms. The molecule has 204 valence electrons. The third-order valence-corrected chi connectivity index (χ3v) is 8.10. The van der Waals surface area contributed by atoms with Gasteiger partial charge in [0.05, 0.1) is 34.4 Å². The number of carbonyl (C=O) groups excluding carboxylic acids is 1. The van der Waals surface area contributed by atoms with Crippen molar-refractivity contribution < 1.29 is 34.8 Å². The molecular weight excluding hydrogens is 537 g/mol. The number of hydrogen-bond acceptors (Lipinski definition) is 9. The lowest BCUT2D eigenvalue weighted by molar-refractivity contribution is -0.118. The van der Waals surface area contributed by atoms with E-state index in [0.717, 1.165) is 24.6 Å². The summed E-state index contributed by atoms with van der Waals surface area (Å²) >= 11 is 0. The molecule has 0 heterocycles. The molecule has 11 nitrogen and oxygen atoms in total. The van der Waals surface area contributed by atoms with E-state index in [9.17, 15) is 40.1 Å². The lowest BCUT2D eigenvalue weighted by atomic mass is 9.82. The number of amidine groups is 1. The Balaban J connectivity index is 2.11. The Morgan fingerprint density at radius 1 is 1.22 bits per heavy atom. The van der Waals surface area contributed by atoms with Crippen LogP contribution in [0.2, 0.25) is 0 Å². The van der Waals surface area contributed by atoms with E-state index in [1.54, 1.807) is 0 Å². The highest BCUT2D eigenvalue weighted by molar-refractivity contribution is 7.92. The summed E-state index contributed by atoms with van der Waals surface area (Å²) in [6.07, 6.45) is 3.80. The van der Waals surface area contributed by atoms with Crippen LogP contribution in [-0.2, 0) is 24.5 Å². The topological polar surface area (TPSA) is 198 Å². The van der Waals surface area contributed by atoms with Crippen molar-refractivity contribution in [1.82, 2.24) is 5.32 Å². The molecule has 5 N–H and O–H groups in total. The molecule has 2 rings (SSSR count). The predicted molar refractivity (Wildman–Crippen MR) is 130 cm³/mol. The van der Waals surface area contributed by atoms with Gasteiger partial charge in [-0.25, -0.2) is 21.8 Å². The molecule has 1 aliphatic rings. The summed E-state index contributed by atoms with van der Waals surface area (Å²) in [5.41, 5.74) is 5.79. The second-order valence-corrected chi connectivity index (χ2v) is 12.8. The Morgan fingerprint density at radius 2 is 1.84 bits per heavy atom. The zero-order valence-corrected chi connectivity index (χ0v) is 21.4. The van der Waals surface area contributed by atoms with Crippen molar-refractivity contribution in [3.8, 4) is 6.07 Å². The molecule has 1 amide bonds. The first-order valence-corrected chi connectivity index (χ1v) is 14.5. The first kappa shape index (κ1) is 30.2. The van der Waals surface area contributed by atoms with Crippen molar-refractivity contribution in [2.24, 2.45) is 33.3 Å². The lowest BCUT2D eigenvalue weighted by Crippen LogP contribution is -2.41. The number of benzene rings is 1. The number of sulfone groups is 2. The van der Waals surface area contributed by atoms with Crippen LogP contribution in [-0.4, -0.2) is 70.9 Å². The van der Waals surface area contributed by atoms with E-state index in [-0.39, 0.29) is 29.9 Å². The minimum Gasteiger partial charge on any atom is -0.386 e. The number of amides is 1. The standard InChI is InChI=1S/C21H27F3N6O5S2/c1-36(32,33)9-8-28-15-4-7-18(13(10-15)11-25)29-12-17(20(27)31)19(26)30-14-2-5-16(6-3-14)37(34,35)21(22,23)24/h2-3,5-6,12-13,15,17-18,28H,4,7-10H2,1H3,(H2,26,30)(H2,27,31). The van der Waals surface area contributed by atoms with E-state index >= 15 is 0 Å². The lowest BCUT2D eigenvalue weighted by Gasteiger charge is -2.31. The van der Waals surface area contributed by atoms with Crippen LogP contribution in [0.15, 0.2) is 39.1 Å². The fraction of sp³-hybridized carbons (Fsp3) is 0.524. The van der Waals surface area contributed by atoms with Crippen LogP contribution in [0.5, 0.6) is 0 Å². The molecule has 4 atom stereocenters. The van der Waals surface area contributed by atoms with Crippen molar-refractivity contribution in [1.29, 1.82) is 5.26 Å². The molecule has 0 aliphatic heterocycles. The minimum absolute atomic E-state index is 0.0196. The molecule has 0 spiro atoms. The van der Waals surface area contributed by atoms with Gasteiger partial charge in [-0.1, -0.05) is 0 Å². The maximum absolute atomic E-state index is 12.7. The van der Waals surface area contributed by atoms with Gasteiger partial charge in [0, 0.05) is 25.1 Å². The van der Waals surface area contributed by atoms with Gasteiger partial charge in [-0.3, -0.25) is 9.79 Å². The number of halogens is 3. The zero-order chi connectivity index (χ0) is 28.0. The SMILES string of the molecule is CS(=O)(=O)CCNC1CCC(N=CC(C(N)=O)C(N)=Nc2ccc(S(=O)(=O)C(F)(F)F)cc2)C(C#N)C1. The normalized spacial score (nSPS) is 22.5.